The summed E-state index contributed by atoms with van der Waals surface area (Å²) < 4.78 is 30.8. The summed E-state index contributed by atoms with van der Waals surface area (Å²) in [4.78, 5) is 10.8. The third kappa shape index (κ3) is 4.54. The average Bonchev–Trinajstić information content (AvgIpc) is 1.98. The van der Waals surface area contributed by atoms with Crippen molar-refractivity contribution >= 4 is 21.6 Å². The molecule has 0 heterocycles. The molecule has 0 saturated heterocycles. The summed E-state index contributed by atoms with van der Waals surface area (Å²) >= 11 is 0. The van der Waals surface area contributed by atoms with E-state index in [1.165, 1.54) is 6.92 Å². The van der Waals surface area contributed by atoms with Crippen molar-refractivity contribution in [3.8, 4) is 0 Å². The smallest absolute Gasteiger partial charge is 0.198 e. The second kappa shape index (κ2) is 4.29. The predicted molar refractivity (Wildman–Crippen MR) is 46.7 cm³/mol. The van der Waals surface area contributed by atoms with Gasteiger partial charge in [0.1, 0.15) is 0 Å². The lowest BCUT2D eigenvalue weighted by molar-refractivity contribution is -0.109. The molecule has 0 aromatic rings. The fraction of sp³-hybridized carbons (Fsp3) is 0.429. The van der Waals surface area contributed by atoms with Crippen LogP contribution in [0.3, 0.4) is 0 Å². The second-order valence-electron chi connectivity index (χ2n) is 2.61. The number of allylic oxidation sites excluding steroid dienone is 1. The lowest BCUT2D eigenvalue weighted by Crippen LogP contribution is -2.25. The first kappa shape index (κ1) is 12.0. The molecular formula is C7H10NO4S-. The van der Waals surface area contributed by atoms with E-state index in [9.17, 15) is 17.8 Å². The Hall–Kier alpha value is -1.01. The van der Waals surface area contributed by atoms with Crippen LogP contribution in [0, 0.1) is 11.3 Å². The van der Waals surface area contributed by atoms with Crippen LogP contribution in [0.25, 0.3) is 0 Å². The highest BCUT2D eigenvalue weighted by Gasteiger charge is 2.16. The van der Waals surface area contributed by atoms with E-state index in [2.05, 4.69) is 6.58 Å². The first-order chi connectivity index (χ1) is 5.78. The van der Waals surface area contributed by atoms with Crippen molar-refractivity contribution in [1.29, 1.82) is 5.41 Å². The van der Waals surface area contributed by atoms with Crippen LogP contribution >= 0.6 is 0 Å². The molecule has 0 fully saturated rings. The van der Waals surface area contributed by atoms with Gasteiger partial charge < -0.3 is 9.96 Å². The summed E-state index contributed by atoms with van der Waals surface area (Å²) in [5.74, 6) is -2.27. The van der Waals surface area contributed by atoms with E-state index in [1.54, 1.807) is 0 Å². The Kier molecular flexibility index (Phi) is 3.96. The van der Waals surface area contributed by atoms with Crippen LogP contribution in [0.15, 0.2) is 12.7 Å². The highest BCUT2D eigenvalue weighted by atomic mass is 32.2. The van der Waals surface area contributed by atoms with Crippen molar-refractivity contribution in [1.82, 2.24) is 0 Å². The molecule has 0 aliphatic carbocycles. The minimum atomic E-state index is -4.39. The van der Waals surface area contributed by atoms with Crippen molar-refractivity contribution in [2.45, 2.75) is 6.92 Å². The van der Waals surface area contributed by atoms with Gasteiger partial charge in [0.25, 0.3) is 0 Å². The molecule has 0 aliphatic heterocycles. The van der Waals surface area contributed by atoms with Gasteiger partial charge in [0.15, 0.2) is 5.78 Å². The summed E-state index contributed by atoms with van der Waals surface area (Å²) in [6, 6.07) is 0. The van der Waals surface area contributed by atoms with Crippen molar-refractivity contribution in [2.24, 2.45) is 5.92 Å². The van der Waals surface area contributed by atoms with Crippen molar-refractivity contribution in [3.63, 3.8) is 0 Å². The Bertz CT molecular complexity index is 330. The minimum Gasteiger partial charge on any atom is -0.748 e. The zero-order valence-corrected chi connectivity index (χ0v) is 7.93. The van der Waals surface area contributed by atoms with Gasteiger partial charge in [-0.2, -0.15) is 0 Å². The fourth-order valence-electron chi connectivity index (χ4n) is 0.742. The van der Waals surface area contributed by atoms with Crippen LogP contribution in [0.1, 0.15) is 6.92 Å². The maximum Gasteiger partial charge on any atom is 0.198 e. The van der Waals surface area contributed by atoms with E-state index in [4.69, 9.17) is 5.41 Å². The SMILES string of the molecule is C=CC(=O)C(=N)C(C)CS(=O)(=O)[O-]. The number of nitrogens with one attached hydrogen (secondary N) is 1. The van der Waals surface area contributed by atoms with E-state index in [0.29, 0.717) is 0 Å². The molecule has 5 nitrogen and oxygen atoms in total. The molecule has 0 saturated carbocycles. The summed E-state index contributed by atoms with van der Waals surface area (Å²) in [5.41, 5.74) is -0.408. The van der Waals surface area contributed by atoms with Crippen molar-refractivity contribution in [3.05, 3.63) is 12.7 Å². The number of carbonyl (C=O) groups excluding carboxylic acids is 1. The largest absolute Gasteiger partial charge is 0.748 e. The molecule has 0 bridgehead atoms. The van der Waals surface area contributed by atoms with Crippen LogP contribution in [-0.2, 0) is 14.9 Å². The molecule has 74 valence electrons. The topological polar surface area (TPSA) is 98.1 Å². The van der Waals surface area contributed by atoms with E-state index in [0.717, 1.165) is 6.08 Å². The molecule has 0 aromatic heterocycles. The predicted octanol–water partition coefficient (Wildman–Crippen LogP) is -0.0574. The Morgan fingerprint density at radius 2 is 2.15 bits per heavy atom. The van der Waals surface area contributed by atoms with Gasteiger partial charge in [0, 0.05) is 11.7 Å². The van der Waals surface area contributed by atoms with Crippen LogP contribution in [-0.4, -0.2) is 30.2 Å². The third-order valence-corrected chi connectivity index (χ3v) is 2.31. The van der Waals surface area contributed by atoms with Gasteiger partial charge in [-0.25, -0.2) is 8.42 Å². The van der Waals surface area contributed by atoms with Gasteiger partial charge in [-0.1, -0.05) is 13.5 Å². The third-order valence-electron chi connectivity index (χ3n) is 1.40. The molecule has 1 unspecified atom stereocenters. The van der Waals surface area contributed by atoms with Gasteiger partial charge in [-0.05, 0) is 6.08 Å². The lowest BCUT2D eigenvalue weighted by Gasteiger charge is -2.13. The van der Waals surface area contributed by atoms with E-state index >= 15 is 0 Å². The van der Waals surface area contributed by atoms with E-state index in [-0.39, 0.29) is 0 Å². The molecule has 1 atom stereocenters. The van der Waals surface area contributed by atoms with Gasteiger partial charge in [-0.3, -0.25) is 4.79 Å². The zero-order valence-electron chi connectivity index (χ0n) is 7.11. The number of rotatable bonds is 5. The average molecular weight is 204 g/mol. The summed E-state index contributed by atoms with van der Waals surface area (Å²) in [7, 11) is -4.39. The molecule has 0 aromatic carbocycles. The van der Waals surface area contributed by atoms with E-state index < -0.39 is 33.3 Å². The van der Waals surface area contributed by atoms with Gasteiger partial charge >= 0.3 is 0 Å². The summed E-state index contributed by atoms with van der Waals surface area (Å²) in [6.45, 7) is 4.48. The molecule has 0 spiro atoms. The molecule has 0 rings (SSSR count). The molecule has 0 aliphatic rings. The Morgan fingerprint density at radius 3 is 2.46 bits per heavy atom. The van der Waals surface area contributed by atoms with Gasteiger partial charge in [-0.15, -0.1) is 0 Å². The molecule has 6 heteroatoms. The number of ketones is 1. The van der Waals surface area contributed by atoms with Crippen molar-refractivity contribution < 1.29 is 17.8 Å². The molecule has 0 amide bonds. The Balaban J connectivity index is 4.46. The number of hydrogen-bond donors (Lipinski definition) is 1. The first-order valence-corrected chi connectivity index (χ1v) is 5.04. The molecule has 1 N–H and O–H groups in total. The Morgan fingerprint density at radius 1 is 1.69 bits per heavy atom. The van der Waals surface area contributed by atoms with Crippen molar-refractivity contribution in [2.75, 3.05) is 5.75 Å². The number of hydrogen-bond acceptors (Lipinski definition) is 5. The monoisotopic (exact) mass is 204 g/mol. The summed E-state index contributed by atoms with van der Waals surface area (Å²) in [5, 5.41) is 7.16. The van der Waals surface area contributed by atoms with E-state index in [1.807, 2.05) is 0 Å². The number of carbonyl (C=O) groups is 1. The lowest BCUT2D eigenvalue weighted by atomic mass is 10.0. The summed E-state index contributed by atoms with van der Waals surface area (Å²) in [6.07, 6.45) is 0.913. The molecule has 0 radical (unpaired) electrons. The molecular weight excluding hydrogens is 194 g/mol. The van der Waals surface area contributed by atoms with Gasteiger partial charge in [0.05, 0.1) is 15.8 Å². The maximum atomic E-state index is 10.8. The second-order valence-corrected chi connectivity index (χ2v) is 4.06. The fourth-order valence-corrected chi connectivity index (χ4v) is 1.52. The zero-order chi connectivity index (χ0) is 10.6. The minimum absolute atomic E-state index is 0.408. The van der Waals surface area contributed by atoms with Crippen LogP contribution in [0.2, 0.25) is 0 Å². The van der Waals surface area contributed by atoms with Crippen LogP contribution in [0.5, 0.6) is 0 Å². The highest BCUT2D eigenvalue weighted by molar-refractivity contribution is 7.85. The Labute approximate surface area is 76.7 Å². The maximum absolute atomic E-state index is 10.8. The van der Waals surface area contributed by atoms with Gasteiger partial charge in [0.2, 0.25) is 0 Å². The first-order valence-electron chi connectivity index (χ1n) is 3.46. The normalized spacial score (nSPS) is 13.4. The standard InChI is InChI=1S/C7H11NO4S/c1-3-6(9)7(8)5(2)4-13(10,11)12/h3,5,8H,1,4H2,2H3,(H,10,11,12)/p-1. The van der Waals surface area contributed by atoms with Crippen LogP contribution in [0.4, 0.5) is 0 Å². The quantitative estimate of drug-likeness (QED) is 0.385. The molecule has 13 heavy (non-hydrogen) atoms. The highest BCUT2D eigenvalue weighted by Crippen LogP contribution is 2.02. The van der Waals surface area contributed by atoms with Crippen LogP contribution < -0.4 is 0 Å².